The SMILES string of the molecule is CC(C)CC(C)Nc1ccc(OCC(=O)O)cc1. The lowest BCUT2D eigenvalue weighted by molar-refractivity contribution is -0.139. The van der Waals surface area contributed by atoms with Crippen LogP contribution in [0.4, 0.5) is 5.69 Å². The molecule has 0 amide bonds. The summed E-state index contributed by atoms with van der Waals surface area (Å²) in [4.78, 5) is 10.4. The smallest absolute Gasteiger partial charge is 0.341 e. The van der Waals surface area contributed by atoms with E-state index in [0.29, 0.717) is 17.7 Å². The predicted octanol–water partition coefficient (Wildman–Crippen LogP) is 3.00. The molecule has 0 spiro atoms. The molecule has 1 unspecified atom stereocenters. The molecule has 0 aromatic heterocycles. The third-order valence-corrected chi connectivity index (χ3v) is 2.45. The van der Waals surface area contributed by atoms with E-state index >= 15 is 0 Å². The van der Waals surface area contributed by atoms with Crippen LogP contribution in [0.2, 0.25) is 0 Å². The summed E-state index contributed by atoms with van der Waals surface area (Å²) in [5.41, 5.74) is 1.02. The molecule has 0 bridgehead atoms. The molecule has 1 aromatic rings. The van der Waals surface area contributed by atoms with E-state index < -0.39 is 5.97 Å². The van der Waals surface area contributed by atoms with E-state index in [1.54, 1.807) is 12.1 Å². The summed E-state index contributed by atoms with van der Waals surface area (Å²) >= 11 is 0. The third kappa shape index (κ3) is 5.57. The van der Waals surface area contributed by atoms with Gasteiger partial charge in [0, 0.05) is 11.7 Å². The molecule has 0 saturated carbocycles. The molecule has 1 rings (SSSR count). The van der Waals surface area contributed by atoms with Crippen LogP contribution in [0, 0.1) is 5.92 Å². The van der Waals surface area contributed by atoms with E-state index in [4.69, 9.17) is 9.84 Å². The highest BCUT2D eigenvalue weighted by molar-refractivity contribution is 5.68. The first-order chi connectivity index (χ1) is 8.47. The van der Waals surface area contributed by atoms with E-state index in [1.807, 2.05) is 12.1 Å². The second-order valence-corrected chi connectivity index (χ2v) is 4.88. The van der Waals surface area contributed by atoms with Crippen LogP contribution in [0.1, 0.15) is 27.2 Å². The molecular formula is C14H21NO3. The van der Waals surface area contributed by atoms with Crippen molar-refractivity contribution in [3.8, 4) is 5.75 Å². The van der Waals surface area contributed by atoms with E-state index in [2.05, 4.69) is 26.1 Å². The van der Waals surface area contributed by atoms with E-state index in [9.17, 15) is 4.79 Å². The van der Waals surface area contributed by atoms with Crippen LogP contribution >= 0.6 is 0 Å². The van der Waals surface area contributed by atoms with Gasteiger partial charge in [-0.1, -0.05) is 13.8 Å². The monoisotopic (exact) mass is 251 g/mol. The molecule has 2 N–H and O–H groups in total. The van der Waals surface area contributed by atoms with Gasteiger partial charge in [0.1, 0.15) is 5.75 Å². The van der Waals surface area contributed by atoms with Gasteiger partial charge in [0.15, 0.2) is 6.61 Å². The Morgan fingerprint density at radius 1 is 1.28 bits per heavy atom. The second kappa shape index (κ2) is 6.89. The molecule has 0 aliphatic carbocycles. The van der Waals surface area contributed by atoms with Crippen LogP contribution in [0.25, 0.3) is 0 Å². The Morgan fingerprint density at radius 3 is 2.39 bits per heavy atom. The molecule has 1 atom stereocenters. The Hall–Kier alpha value is -1.71. The Kier molecular flexibility index (Phi) is 5.49. The molecule has 1 aromatic carbocycles. The molecular weight excluding hydrogens is 230 g/mol. The fraction of sp³-hybridized carbons (Fsp3) is 0.500. The second-order valence-electron chi connectivity index (χ2n) is 4.88. The van der Waals surface area contributed by atoms with Crippen molar-refractivity contribution >= 4 is 11.7 Å². The maximum absolute atomic E-state index is 10.4. The predicted molar refractivity (Wildman–Crippen MR) is 72.1 cm³/mol. The van der Waals surface area contributed by atoms with Gasteiger partial charge in [-0.15, -0.1) is 0 Å². The van der Waals surface area contributed by atoms with Crippen molar-refractivity contribution in [3.05, 3.63) is 24.3 Å². The van der Waals surface area contributed by atoms with Crippen LogP contribution in [-0.2, 0) is 4.79 Å². The summed E-state index contributed by atoms with van der Waals surface area (Å²) in [6, 6.07) is 7.75. The quantitative estimate of drug-likeness (QED) is 0.782. The summed E-state index contributed by atoms with van der Waals surface area (Å²) in [5.74, 6) is 0.257. The zero-order chi connectivity index (χ0) is 13.5. The fourth-order valence-electron chi connectivity index (χ4n) is 1.84. The van der Waals surface area contributed by atoms with Gasteiger partial charge in [0.05, 0.1) is 0 Å². The molecule has 4 nitrogen and oxygen atoms in total. The lowest BCUT2D eigenvalue weighted by Crippen LogP contribution is -2.17. The van der Waals surface area contributed by atoms with Crippen molar-refractivity contribution in [2.45, 2.75) is 33.2 Å². The number of hydrogen-bond donors (Lipinski definition) is 2. The van der Waals surface area contributed by atoms with Crippen molar-refractivity contribution in [1.82, 2.24) is 0 Å². The van der Waals surface area contributed by atoms with Crippen molar-refractivity contribution in [1.29, 1.82) is 0 Å². The number of carboxylic acids is 1. The fourth-order valence-corrected chi connectivity index (χ4v) is 1.84. The van der Waals surface area contributed by atoms with Crippen LogP contribution < -0.4 is 10.1 Å². The first-order valence-electron chi connectivity index (χ1n) is 6.18. The average Bonchev–Trinajstić information content (AvgIpc) is 2.26. The zero-order valence-corrected chi connectivity index (χ0v) is 11.1. The molecule has 0 radical (unpaired) electrons. The first-order valence-corrected chi connectivity index (χ1v) is 6.18. The molecule has 0 fully saturated rings. The summed E-state index contributed by atoms with van der Waals surface area (Å²) in [7, 11) is 0. The Balaban J connectivity index is 2.47. The lowest BCUT2D eigenvalue weighted by atomic mass is 10.1. The average molecular weight is 251 g/mol. The zero-order valence-electron chi connectivity index (χ0n) is 11.1. The highest BCUT2D eigenvalue weighted by Crippen LogP contribution is 2.17. The summed E-state index contributed by atoms with van der Waals surface area (Å²) < 4.78 is 5.06. The molecule has 0 aliphatic rings. The van der Waals surface area contributed by atoms with E-state index in [0.717, 1.165) is 12.1 Å². The van der Waals surface area contributed by atoms with Gasteiger partial charge in [-0.2, -0.15) is 0 Å². The highest BCUT2D eigenvalue weighted by atomic mass is 16.5. The van der Waals surface area contributed by atoms with Crippen LogP contribution in [0.5, 0.6) is 5.75 Å². The van der Waals surface area contributed by atoms with Gasteiger partial charge in [-0.25, -0.2) is 4.79 Å². The number of carbonyl (C=O) groups is 1. The molecule has 0 saturated heterocycles. The minimum Gasteiger partial charge on any atom is -0.482 e. The van der Waals surface area contributed by atoms with Crippen molar-refractivity contribution in [2.24, 2.45) is 5.92 Å². The van der Waals surface area contributed by atoms with E-state index in [1.165, 1.54) is 0 Å². The number of ether oxygens (including phenoxy) is 1. The summed E-state index contributed by atoms with van der Waals surface area (Å²) in [5, 5.41) is 11.9. The van der Waals surface area contributed by atoms with E-state index in [-0.39, 0.29) is 6.61 Å². The summed E-state index contributed by atoms with van der Waals surface area (Å²) in [6.07, 6.45) is 1.11. The number of benzene rings is 1. The standard InChI is InChI=1S/C14H21NO3/c1-10(2)8-11(3)15-12-4-6-13(7-5-12)18-9-14(16)17/h4-7,10-11,15H,8-9H2,1-3H3,(H,16,17). The third-order valence-electron chi connectivity index (χ3n) is 2.45. The van der Waals surface area contributed by atoms with Crippen molar-refractivity contribution in [2.75, 3.05) is 11.9 Å². The van der Waals surface area contributed by atoms with Gasteiger partial charge in [0.25, 0.3) is 0 Å². The number of carboxylic acid groups (broad SMARTS) is 1. The Labute approximate surface area is 108 Å². The maximum Gasteiger partial charge on any atom is 0.341 e. The van der Waals surface area contributed by atoms with Gasteiger partial charge in [-0.3, -0.25) is 0 Å². The highest BCUT2D eigenvalue weighted by Gasteiger charge is 2.05. The summed E-state index contributed by atoms with van der Waals surface area (Å²) in [6.45, 7) is 6.23. The van der Waals surface area contributed by atoms with Gasteiger partial charge < -0.3 is 15.2 Å². The Morgan fingerprint density at radius 2 is 1.89 bits per heavy atom. The molecule has 0 aliphatic heterocycles. The van der Waals surface area contributed by atoms with Crippen LogP contribution in [-0.4, -0.2) is 23.7 Å². The number of nitrogens with one attached hydrogen (secondary N) is 1. The number of anilines is 1. The largest absolute Gasteiger partial charge is 0.482 e. The number of aliphatic carboxylic acids is 1. The number of hydrogen-bond acceptors (Lipinski definition) is 3. The molecule has 100 valence electrons. The topological polar surface area (TPSA) is 58.6 Å². The first kappa shape index (κ1) is 14.4. The minimum absolute atomic E-state index is 0.309. The minimum atomic E-state index is -0.970. The van der Waals surface area contributed by atoms with Gasteiger partial charge in [-0.05, 0) is 43.5 Å². The molecule has 4 heteroatoms. The number of rotatable bonds is 7. The van der Waals surface area contributed by atoms with Crippen molar-refractivity contribution in [3.63, 3.8) is 0 Å². The Bertz CT molecular complexity index is 373. The van der Waals surface area contributed by atoms with Gasteiger partial charge >= 0.3 is 5.97 Å². The normalized spacial score (nSPS) is 12.2. The van der Waals surface area contributed by atoms with Crippen molar-refractivity contribution < 1.29 is 14.6 Å². The van der Waals surface area contributed by atoms with Crippen LogP contribution in [0.3, 0.4) is 0 Å². The maximum atomic E-state index is 10.4. The van der Waals surface area contributed by atoms with Crippen LogP contribution in [0.15, 0.2) is 24.3 Å². The van der Waals surface area contributed by atoms with Gasteiger partial charge in [0.2, 0.25) is 0 Å². The molecule has 0 heterocycles. The lowest BCUT2D eigenvalue weighted by Gasteiger charge is -2.17. The molecule has 18 heavy (non-hydrogen) atoms.